The van der Waals surface area contributed by atoms with E-state index in [2.05, 4.69) is 26.2 Å². The van der Waals surface area contributed by atoms with E-state index in [1.807, 2.05) is 36.4 Å². The minimum Gasteiger partial charge on any atom is -0.322 e. The van der Waals surface area contributed by atoms with E-state index in [-0.39, 0.29) is 5.91 Å². The molecule has 5 heteroatoms. The Labute approximate surface area is 135 Å². The lowest BCUT2D eigenvalue weighted by Gasteiger charge is -2.07. The number of pyridine rings is 1. The Morgan fingerprint density at radius 1 is 1.10 bits per heavy atom. The molecule has 0 unspecified atom stereocenters. The predicted molar refractivity (Wildman–Crippen MR) is 88.8 cm³/mol. The normalized spacial score (nSPS) is 10.6. The highest BCUT2D eigenvalue weighted by atomic mass is 79.9. The summed E-state index contributed by atoms with van der Waals surface area (Å²) >= 11 is 9.43. The minimum absolute atomic E-state index is 0.274. The van der Waals surface area contributed by atoms with Crippen LogP contribution in [-0.2, 0) is 0 Å². The second kappa shape index (κ2) is 5.84. The number of hydrogen-bond acceptors (Lipinski definition) is 2. The monoisotopic (exact) mass is 360 g/mol. The lowest BCUT2D eigenvalue weighted by molar-refractivity contribution is 0.102. The van der Waals surface area contributed by atoms with Gasteiger partial charge in [-0.3, -0.25) is 9.78 Å². The average molecular weight is 362 g/mol. The molecule has 3 nitrogen and oxygen atoms in total. The maximum absolute atomic E-state index is 12.2. The maximum Gasteiger partial charge on any atom is 0.258 e. The van der Waals surface area contributed by atoms with Crippen LogP contribution in [0.5, 0.6) is 0 Å². The van der Waals surface area contributed by atoms with Crippen molar-refractivity contribution in [1.82, 2.24) is 4.98 Å². The van der Waals surface area contributed by atoms with Gasteiger partial charge in [-0.05, 0) is 41.1 Å². The standard InChI is InChI=1S/C16H10BrClN2O/c17-12-3-1-11-8-13(4-2-10(11)7-12)20-16(21)14-9-19-6-5-15(14)18/h1-9H,(H,20,21). The number of anilines is 1. The molecule has 0 radical (unpaired) electrons. The summed E-state index contributed by atoms with van der Waals surface area (Å²) in [7, 11) is 0. The van der Waals surface area contributed by atoms with Crippen LogP contribution in [0.25, 0.3) is 10.8 Å². The molecule has 0 saturated heterocycles. The first-order chi connectivity index (χ1) is 10.1. The highest BCUT2D eigenvalue weighted by Crippen LogP contribution is 2.23. The molecule has 0 fully saturated rings. The fraction of sp³-hybridized carbons (Fsp3) is 0. The van der Waals surface area contributed by atoms with Gasteiger partial charge < -0.3 is 5.32 Å². The number of nitrogens with one attached hydrogen (secondary N) is 1. The van der Waals surface area contributed by atoms with E-state index < -0.39 is 0 Å². The number of nitrogens with zero attached hydrogens (tertiary/aromatic N) is 1. The molecule has 1 aromatic heterocycles. The van der Waals surface area contributed by atoms with Gasteiger partial charge in [0.05, 0.1) is 10.6 Å². The molecule has 2 aromatic carbocycles. The number of benzene rings is 2. The van der Waals surface area contributed by atoms with Crippen LogP contribution < -0.4 is 5.32 Å². The third-order valence-corrected chi connectivity index (χ3v) is 3.90. The number of rotatable bonds is 2. The van der Waals surface area contributed by atoms with Gasteiger partial charge in [-0.2, -0.15) is 0 Å². The van der Waals surface area contributed by atoms with Gasteiger partial charge in [0, 0.05) is 22.6 Å². The number of fused-ring (bicyclic) bond motifs is 1. The lowest BCUT2D eigenvalue weighted by atomic mass is 10.1. The molecule has 1 N–H and O–H groups in total. The van der Waals surface area contributed by atoms with Gasteiger partial charge in [-0.1, -0.05) is 39.7 Å². The van der Waals surface area contributed by atoms with Gasteiger partial charge in [-0.15, -0.1) is 0 Å². The molecule has 21 heavy (non-hydrogen) atoms. The van der Waals surface area contributed by atoms with E-state index >= 15 is 0 Å². The van der Waals surface area contributed by atoms with Crippen LogP contribution in [0.1, 0.15) is 10.4 Å². The van der Waals surface area contributed by atoms with Crippen LogP contribution in [-0.4, -0.2) is 10.9 Å². The summed E-state index contributed by atoms with van der Waals surface area (Å²) in [5, 5.41) is 5.36. The lowest BCUT2D eigenvalue weighted by Crippen LogP contribution is -2.12. The van der Waals surface area contributed by atoms with Gasteiger partial charge in [0.15, 0.2) is 0 Å². The molecule has 0 aliphatic carbocycles. The van der Waals surface area contributed by atoms with E-state index in [9.17, 15) is 4.79 Å². The smallest absolute Gasteiger partial charge is 0.258 e. The number of carbonyl (C=O) groups excluding carboxylic acids is 1. The third-order valence-electron chi connectivity index (χ3n) is 3.07. The summed E-state index contributed by atoms with van der Waals surface area (Å²) in [6, 6.07) is 13.3. The summed E-state index contributed by atoms with van der Waals surface area (Å²) in [4.78, 5) is 16.1. The first kappa shape index (κ1) is 14.0. The van der Waals surface area contributed by atoms with E-state index in [0.717, 1.165) is 20.9 Å². The minimum atomic E-state index is -0.274. The summed E-state index contributed by atoms with van der Waals surface area (Å²) in [6.45, 7) is 0. The molecule has 1 heterocycles. The van der Waals surface area contributed by atoms with Crippen molar-refractivity contribution in [2.45, 2.75) is 0 Å². The van der Waals surface area contributed by atoms with E-state index in [4.69, 9.17) is 11.6 Å². The Balaban J connectivity index is 1.90. The van der Waals surface area contributed by atoms with Gasteiger partial charge in [0.1, 0.15) is 0 Å². The number of amides is 1. The third kappa shape index (κ3) is 3.06. The largest absolute Gasteiger partial charge is 0.322 e. The molecule has 0 spiro atoms. The molecule has 3 rings (SSSR count). The summed E-state index contributed by atoms with van der Waals surface area (Å²) < 4.78 is 1.02. The SMILES string of the molecule is O=C(Nc1ccc2cc(Br)ccc2c1)c1cnccc1Cl. The van der Waals surface area contributed by atoms with Crippen molar-refractivity contribution >= 4 is 49.9 Å². The van der Waals surface area contributed by atoms with Crippen molar-refractivity contribution in [2.75, 3.05) is 5.32 Å². The zero-order valence-corrected chi connectivity index (χ0v) is 13.1. The van der Waals surface area contributed by atoms with Crippen LogP contribution in [0.4, 0.5) is 5.69 Å². The Morgan fingerprint density at radius 2 is 1.86 bits per heavy atom. The summed E-state index contributed by atoms with van der Waals surface area (Å²) in [5.41, 5.74) is 1.07. The highest BCUT2D eigenvalue weighted by molar-refractivity contribution is 9.10. The van der Waals surface area contributed by atoms with Crippen molar-refractivity contribution in [3.63, 3.8) is 0 Å². The molecular formula is C16H10BrClN2O. The van der Waals surface area contributed by atoms with Crippen LogP contribution in [0.15, 0.2) is 59.3 Å². The second-order valence-electron chi connectivity index (χ2n) is 4.52. The van der Waals surface area contributed by atoms with E-state index in [0.29, 0.717) is 10.6 Å². The molecule has 0 saturated carbocycles. The molecular weight excluding hydrogens is 352 g/mol. The van der Waals surface area contributed by atoms with Crippen molar-refractivity contribution < 1.29 is 4.79 Å². The van der Waals surface area contributed by atoms with Gasteiger partial charge >= 0.3 is 0 Å². The Kier molecular flexibility index (Phi) is 3.90. The van der Waals surface area contributed by atoms with Crippen LogP contribution in [0.2, 0.25) is 5.02 Å². The first-order valence-corrected chi connectivity index (χ1v) is 7.41. The molecule has 3 aromatic rings. The topological polar surface area (TPSA) is 42.0 Å². The van der Waals surface area contributed by atoms with E-state index in [1.54, 1.807) is 12.3 Å². The van der Waals surface area contributed by atoms with Crippen LogP contribution >= 0.6 is 27.5 Å². The van der Waals surface area contributed by atoms with Crippen molar-refractivity contribution in [2.24, 2.45) is 0 Å². The second-order valence-corrected chi connectivity index (χ2v) is 5.84. The molecule has 0 aliphatic heterocycles. The Bertz CT molecular complexity index is 835. The number of hydrogen-bond donors (Lipinski definition) is 1. The maximum atomic E-state index is 12.2. The Hall–Kier alpha value is -1.91. The van der Waals surface area contributed by atoms with Gasteiger partial charge in [0.2, 0.25) is 0 Å². The van der Waals surface area contributed by atoms with Crippen LogP contribution in [0, 0.1) is 0 Å². The van der Waals surface area contributed by atoms with Crippen molar-refractivity contribution in [3.05, 3.63) is 69.9 Å². The van der Waals surface area contributed by atoms with Crippen molar-refractivity contribution in [3.8, 4) is 0 Å². The molecule has 0 aliphatic rings. The Morgan fingerprint density at radius 3 is 2.67 bits per heavy atom. The molecule has 0 bridgehead atoms. The fourth-order valence-corrected chi connectivity index (χ4v) is 2.61. The number of aromatic nitrogens is 1. The van der Waals surface area contributed by atoms with Gasteiger partial charge in [0.25, 0.3) is 5.91 Å². The zero-order chi connectivity index (χ0) is 14.8. The summed E-state index contributed by atoms with van der Waals surface area (Å²) in [6.07, 6.45) is 3.00. The van der Waals surface area contributed by atoms with Crippen molar-refractivity contribution in [1.29, 1.82) is 0 Å². The van der Waals surface area contributed by atoms with E-state index in [1.165, 1.54) is 6.20 Å². The predicted octanol–water partition coefficient (Wildman–Crippen LogP) is 4.90. The quantitative estimate of drug-likeness (QED) is 0.705. The fourth-order valence-electron chi connectivity index (χ4n) is 2.04. The first-order valence-electron chi connectivity index (χ1n) is 6.24. The summed E-state index contributed by atoms with van der Waals surface area (Å²) in [5.74, 6) is -0.274. The van der Waals surface area contributed by atoms with Crippen LogP contribution in [0.3, 0.4) is 0 Å². The van der Waals surface area contributed by atoms with Gasteiger partial charge in [-0.25, -0.2) is 0 Å². The zero-order valence-electron chi connectivity index (χ0n) is 10.8. The number of halogens is 2. The molecule has 1 amide bonds. The molecule has 0 atom stereocenters. The number of carbonyl (C=O) groups is 1. The molecule has 104 valence electrons. The average Bonchev–Trinajstić information content (AvgIpc) is 2.48. The highest BCUT2D eigenvalue weighted by Gasteiger charge is 2.10.